The van der Waals surface area contributed by atoms with E-state index in [1.165, 1.54) is 30.3 Å². The number of anilines is 2. The number of nitrogens with two attached hydrogens (primary N) is 1. The number of hydrogen-bond donors (Lipinski definition) is 4. The minimum absolute atomic E-state index is 0.00141. The van der Waals surface area contributed by atoms with Crippen LogP contribution in [0, 0.1) is 0 Å². The van der Waals surface area contributed by atoms with Crippen molar-refractivity contribution in [3.05, 3.63) is 59.7 Å². The Hall–Kier alpha value is -2.86. The van der Waals surface area contributed by atoms with E-state index in [-0.39, 0.29) is 45.1 Å². The summed E-state index contributed by atoms with van der Waals surface area (Å²) < 4.78 is 56.9. The van der Waals surface area contributed by atoms with Crippen LogP contribution in [0.1, 0.15) is 15.9 Å². The third-order valence-electron chi connectivity index (χ3n) is 4.62. The van der Waals surface area contributed by atoms with Gasteiger partial charge in [-0.05, 0) is 29.8 Å². The maximum atomic E-state index is 12.7. The van der Waals surface area contributed by atoms with Crippen LogP contribution in [0.4, 0.5) is 11.4 Å². The second-order valence-electron chi connectivity index (χ2n) is 6.98. The van der Waals surface area contributed by atoms with Gasteiger partial charge in [0.05, 0.1) is 17.2 Å². The number of fused-ring (bicyclic) bond motifs is 1. The molecule has 3 aromatic rings. The summed E-state index contributed by atoms with van der Waals surface area (Å²) >= 11 is 5.51. The Bertz CT molecular complexity index is 1420. The van der Waals surface area contributed by atoms with Crippen LogP contribution in [0.25, 0.3) is 10.8 Å². The third kappa shape index (κ3) is 5.30. The molecule has 9 nitrogen and oxygen atoms in total. The number of sulfone groups is 1. The molecule has 32 heavy (non-hydrogen) atoms. The van der Waals surface area contributed by atoms with E-state index in [2.05, 4.69) is 5.32 Å². The van der Waals surface area contributed by atoms with Crippen molar-refractivity contribution in [1.82, 2.24) is 0 Å². The van der Waals surface area contributed by atoms with Gasteiger partial charge in [0.1, 0.15) is 10.6 Å². The molecule has 0 saturated heterocycles. The lowest BCUT2D eigenvalue weighted by Gasteiger charge is -2.12. The van der Waals surface area contributed by atoms with Crippen molar-refractivity contribution in [2.45, 2.75) is 10.6 Å². The van der Waals surface area contributed by atoms with E-state index in [0.717, 1.165) is 6.07 Å². The summed E-state index contributed by atoms with van der Waals surface area (Å²) in [4.78, 5) is 12.1. The number of amides is 1. The van der Waals surface area contributed by atoms with Crippen LogP contribution in [0.3, 0.4) is 0 Å². The first-order valence-corrected chi connectivity index (χ1v) is 12.9. The summed E-state index contributed by atoms with van der Waals surface area (Å²) in [5.41, 5.74) is 6.49. The SMILES string of the molecule is Nc1c(O)cc(S(=O)(=O)O)c2cc(NC(=O)c3cccc(CS(=O)(=O)CCCl)c3)ccc12. The number of nitrogens with one attached hydrogen (secondary N) is 1. The highest BCUT2D eigenvalue weighted by molar-refractivity contribution is 7.90. The van der Waals surface area contributed by atoms with Crippen molar-refractivity contribution >= 4 is 59.6 Å². The van der Waals surface area contributed by atoms with Crippen LogP contribution in [0.15, 0.2) is 53.4 Å². The van der Waals surface area contributed by atoms with E-state index < -0.39 is 36.5 Å². The van der Waals surface area contributed by atoms with Gasteiger partial charge >= 0.3 is 0 Å². The number of hydrogen-bond acceptors (Lipinski definition) is 7. The zero-order chi connectivity index (χ0) is 23.7. The molecule has 0 bridgehead atoms. The summed E-state index contributed by atoms with van der Waals surface area (Å²) in [6.45, 7) is 0. The lowest BCUT2D eigenvalue weighted by Crippen LogP contribution is -2.14. The Labute approximate surface area is 189 Å². The molecule has 0 aliphatic heterocycles. The largest absolute Gasteiger partial charge is 0.506 e. The topological polar surface area (TPSA) is 164 Å². The second kappa shape index (κ2) is 8.94. The van der Waals surface area contributed by atoms with Crippen LogP contribution in [-0.2, 0) is 25.7 Å². The van der Waals surface area contributed by atoms with Gasteiger partial charge in [-0.1, -0.05) is 18.2 Å². The highest BCUT2D eigenvalue weighted by Gasteiger charge is 2.19. The molecule has 0 aliphatic rings. The van der Waals surface area contributed by atoms with Gasteiger partial charge in [0.15, 0.2) is 9.84 Å². The first kappa shape index (κ1) is 23.8. The van der Waals surface area contributed by atoms with E-state index >= 15 is 0 Å². The van der Waals surface area contributed by atoms with Crippen molar-refractivity contribution in [2.75, 3.05) is 22.7 Å². The number of nitrogen functional groups attached to an aromatic ring is 1. The van der Waals surface area contributed by atoms with Crippen LogP contribution in [0.2, 0.25) is 0 Å². The summed E-state index contributed by atoms with van der Waals surface area (Å²) in [5.74, 6) is -1.56. The predicted molar refractivity (Wildman–Crippen MR) is 122 cm³/mol. The Morgan fingerprint density at radius 1 is 1.03 bits per heavy atom. The molecule has 3 rings (SSSR count). The summed E-state index contributed by atoms with van der Waals surface area (Å²) in [6.07, 6.45) is 0. The van der Waals surface area contributed by atoms with E-state index in [1.54, 1.807) is 12.1 Å². The van der Waals surface area contributed by atoms with E-state index in [9.17, 15) is 31.3 Å². The van der Waals surface area contributed by atoms with Crippen LogP contribution in [-0.4, -0.2) is 44.0 Å². The molecule has 0 unspecified atom stereocenters. The number of rotatable bonds is 7. The fraction of sp³-hybridized carbons (Fsp3) is 0.150. The van der Waals surface area contributed by atoms with Gasteiger partial charge < -0.3 is 16.2 Å². The van der Waals surface area contributed by atoms with Crippen molar-refractivity contribution in [2.24, 2.45) is 0 Å². The van der Waals surface area contributed by atoms with Gasteiger partial charge in [-0.25, -0.2) is 8.42 Å². The van der Waals surface area contributed by atoms with E-state index in [1.807, 2.05) is 0 Å². The van der Waals surface area contributed by atoms with Gasteiger partial charge in [-0.3, -0.25) is 9.35 Å². The van der Waals surface area contributed by atoms with Gasteiger partial charge in [0, 0.05) is 34.0 Å². The number of carbonyl (C=O) groups excluding carboxylic acids is 1. The van der Waals surface area contributed by atoms with Gasteiger partial charge in [0.25, 0.3) is 16.0 Å². The molecule has 0 spiro atoms. The highest BCUT2D eigenvalue weighted by atomic mass is 35.5. The van der Waals surface area contributed by atoms with E-state index in [4.69, 9.17) is 17.3 Å². The Balaban J connectivity index is 1.94. The number of halogens is 1. The fourth-order valence-electron chi connectivity index (χ4n) is 3.14. The van der Waals surface area contributed by atoms with Crippen LogP contribution in [0.5, 0.6) is 5.75 Å². The molecular weight excluding hydrogens is 480 g/mol. The lowest BCUT2D eigenvalue weighted by atomic mass is 10.1. The highest BCUT2D eigenvalue weighted by Crippen LogP contribution is 2.36. The molecule has 5 N–H and O–H groups in total. The number of carbonyl (C=O) groups is 1. The first-order chi connectivity index (χ1) is 14.9. The number of phenolic OH excluding ortho intramolecular Hbond substituents is 1. The molecule has 1 amide bonds. The first-order valence-electron chi connectivity index (χ1n) is 9.10. The average Bonchev–Trinajstić information content (AvgIpc) is 2.69. The zero-order valence-corrected chi connectivity index (χ0v) is 18.8. The van der Waals surface area contributed by atoms with Gasteiger partial charge in [-0.2, -0.15) is 8.42 Å². The monoisotopic (exact) mass is 498 g/mol. The maximum absolute atomic E-state index is 12.7. The van der Waals surface area contributed by atoms with Gasteiger partial charge in [-0.15, -0.1) is 11.6 Å². The fourth-order valence-corrected chi connectivity index (χ4v) is 5.62. The average molecular weight is 499 g/mol. The molecule has 0 aliphatic carbocycles. The zero-order valence-electron chi connectivity index (χ0n) is 16.4. The van der Waals surface area contributed by atoms with Crippen molar-refractivity contribution in [3.63, 3.8) is 0 Å². The van der Waals surface area contributed by atoms with Crippen molar-refractivity contribution < 1.29 is 31.3 Å². The molecule has 170 valence electrons. The summed E-state index contributed by atoms with van der Waals surface area (Å²) in [6, 6.07) is 11.0. The molecule has 3 aromatic carbocycles. The molecule has 12 heteroatoms. The van der Waals surface area contributed by atoms with E-state index in [0.29, 0.717) is 5.56 Å². The Morgan fingerprint density at radius 3 is 2.41 bits per heavy atom. The van der Waals surface area contributed by atoms with Crippen LogP contribution < -0.4 is 11.1 Å². The minimum Gasteiger partial charge on any atom is -0.506 e. The molecule has 0 aromatic heterocycles. The number of benzene rings is 3. The van der Waals surface area contributed by atoms with Crippen molar-refractivity contribution in [1.29, 1.82) is 0 Å². The number of alkyl halides is 1. The molecule has 0 heterocycles. The van der Waals surface area contributed by atoms with Crippen LogP contribution >= 0.6 is 11.6 Å². The van der Waals surface area contributed by atoms with Crippen molar-refractivity contribution in [3.8, 4) is 5.75 Å². The lowest BCUT2D eigenvalue weighted by molar-refractivity contribution is 0.102. The summed E-state index contributed by atoms with van der Waals surface area (Å²) in [5, 5.41) is 12.6. The molecule has 0 radical (unpaired) electrons. The number of aromatic hydroxyl groups is 1. The second-order valence-corrected chi connectivity index (χ2v) is 10.9. The number of phenols is 1. The standard InChI is InChI=1S/C20H19ClN2O7S2/c21-6-7-31(26,27)11-12-2-1-3-13(8-12)20(25)23-14-4-5-15-16(9-14)18(32(28,29)30)10-17(24)19(15)22/h1-5,8-10,24H,6-7,11,22H2,(H,23,25)(H,28,29,30). The molecule has 0 saturated carbocycles. The summed E-state index contributed by atoms with van der Waals surface area (Å²) in [7, 11) is -8.10. The quantitative estimate of drug-likeness (QED) is 0.167. The normalized spacial score (nSPS) is 12.1. The Morgan fingerprint density at radius 2 is 1.75 bits per heavy atom. The Kier molecular flexibility index (Phi) is 6.65. The maximum Gasteiger partial charge on any atom is 0.295 e. The minimum atomic E-state index is -4.69. The predicted octanol–water partition coefficient (Wildman–Crippen LogP) is 2.78. The third-order valence-corrected chi connectivity index (χ3v) is 7.52. The molecular formula is C20H19ClN2O7S2. The molecule has 0 atom stereocenters. The molecule has 0 fully saturated rings. The smallest absolute Gasteiger partial charge is 0.295 e. The van der Waals surface area contributed by atoms with Gasteiger partial charge in [0.2, 0.25) is 0 Å².